The summed E-state index contributed by atoms with van der Waals surface area (Å²) in [6, 6.07) is 11.9. The van der Waals surface area contributed by atoms with E-state index in [4.69, 9.17) is 4.52 Å². The molecule has 0 aliphatic carbocycles. The van der Waals surface area contributed by atoms with E-state index in [0.29, 0.717) is 24.0 Å². The molecule has 26 heavy (non-hydrogen) atoms. The van der Waals surface area contributed by atoms with E-state index in [-0.39, 0.29) is 11.8 Å². The molecule has 0 saturated carbocycles. The summed E-state index contributed by atoms with van der Waals surface area (Å²) >= 11 is 2.28. The molecule has 1 atom stereocenters. The monoisotopic (exact) mass is 462 g/mol. The summed E-state index contributed by atoms with van der Waals surface area (Å²) in [7, 11) is 0. The largest absolute Gasteiger partial charge is 0.339 e. The summed E-state index contributed by atoms with van der Waals surface area (Å²) in [5, 5.41) is 3.88. The van der Waals surface area contributed by atoms with E-state index in [9.17, 15) is 4.79 Å². The second kappa shape index (κ2) is 7.22. The number of aryl methyl sites for hydroxylation is 1. The molecule has 0 N–H and O–H groups in total. The lowest BCUT2D eigenvalue weighted by atomic mass is 9.97. The van der Waals surface area contributed by atoms with Crippen molar-refractivity contribution in [2.75, 3.05) is 13.1 Å². The van der Waals surface area contributed by atoms with Gasteiger partial charge in [0.1, 0.15) is 5.69 Å². The molecule has 3 aromatic rings. The van der Waals surface area contributed by atoms with E-state index in [1.54, 1.807) is 0 Å². The van der Waals surface area contributed by atoms with Crippen molar-refractivity contribution in [3.8, 4) is 5.69 Å². The fraction of sp³-hybridized carbons (Fsp3) is 0.316. The number of carbonyl (C=O) groups is 1. The number of carbonyl (C=O) groups excluding carboxylic acids is 1. The maximum atomic E-state index is 13.2. The van der Waals surface area contributed by atoms with Crippen LogP contribution in [0.25, 0.3) is 5.69 Å². The topological polar surface area (TPSA) is 64.2 Å². The normalized spacial score (nSPS) is 17.5. The zero-order valence-corrected chi connectivity index (χ0v) is 16.6. The number of nitrogens with zero attached hydrogens (tertiary/aromatic N) is 4. The van der Waals surface area contributed by atoms with Crippen LogP contribution in [0.3, 0.4) is 0 Å². The third-order valence-electron chi connectivity index (χ3n) is 4.66. The molecule has 0 radical (unpaired) electrons. The molecular formula is C19H19IN4O2. The third-order valence-corrected chi connectivity index (χ3v) is 5.33. The third kappa shape index (κ3) is 3.40. The lowest BCUT2D eigenvalue weighted by Crippen LogP contribution is -2.40. The number of rotatable bonds is 3. The van der Waals surface area contributed by atoms with Gasteiger partial charge in [-0.15, -0.1) is 0 Å². The van der Waals surface area contributed by atoms with Crippen LogP contribution in [0.5, 0.6) is 0 Å². The molecule has 0 spiro atoms. The molecule has 1 amide bonds. The molecule has 1 saturated heterocycles. The van der Waals surface area contributed by atoms with E-state index in [2.05, 4.69) is 38.8 Å². The Morgan fingerprint density at radius 2 is 2.19 bits per heavy atom. The van der Waals surface area contributed by atoms with Crippen molar-refractivity contribution in [3.63, 3.8) is 0 Å². The van der Waals surface area contributed by atoms with Crippen LogP contribution in [0, 0.1) is 10.5 Å². The van der Waals surface area contributed by atoms with E-state index in [1.807, 2.05) is 52.9 Å². The van der Waals surface area contributed by atoms with Crippen LogP contribution in [0.2, 0.25) is 0 Å². The van der Waals surface area contributed by atoms with Gasteiger partial charge < -0.3 is 14.0 Å². The molecule has 1 aliphatic heterocycles. The van der Waals surface area contributed by atoms with Crippen LogP contribution < -0.4 is 0 Å². The van der Waals surface area contributed by atoms with E-state index >= 15 is 0 Å². The molecule has 3 heterocycles. The van der Waals surface area contributed by atoms with Crippen molar-refractivity contribution < 1.29 is 9.32 Å². The Morgan fingerprint density at radius 1 is 1.31 bits per heavy atom. The summed E-state index contributed by atoms with van der Waals surface area (Å²) < 4.78 is 8.41. The Morgan fingerprint density at radius 3 is 2.96 bits per heavy atom. The maximum Gasteiger partial charge on any atom is 0.270 e. The molecule has 0 bridgehead atoms. The highest BCUT2D eigenvalue weighted by molar-refractivity contribution is 14.1. The van der Waals surface area contributed by atoms with E-state index in [1.165, 1.54) is 0 Å². The molecule has 134 valence electrons. The molecule has 1 aromatic carbocycles. The standard InChI is InChI=1S/C19H19IN4O2/c1-13-21-18(26-22-13)14-5-3-9-23(12-14)19(25)17-8-4-10-24(17)16-7-2-6-15(20)11-16/h2,4,6-8,10-11,14H,3,5,9,12H2,1H3. The summed E-state index contributed by atoms with van der Waals surface area (Å²) in [5.41, 5.74) is 1.67. The van der Waals surface area contributed by atoms with Gasteiger partial charge in [-0.1, -0.05) is 11.2 Å². The highest BCUT2D eigenvalue weighted by Crippen LogP contribution is 2.27. The average Bonchev–Trinajstić information content (AvgIpc) is 3.30. The van der Waals surface area contributed by atoms with Crippen LogP contribution in [0.15, 0.2) is 47.1 Å². The lowest BCUT2D eigenvalue weighted by molar-refractivity contribution is 0.0687. The average molecular weight is 462 g/mol. The molecular weight excluding hydrogens is 443 g/mol. The quantitative estimate of drug-likeness (QED) is 0.556. The van der Waals surface area contributed by atoms with Gasteiger partial charge in [0.15, 0.2) is 5.82 Å². The predicted octanol–water partition coefficient (Wildman–Crippen LogP) is 3.79. The fourth-order valence-electron chi connectivity index (χ4n) is 3.41. The van der Waals surface area contributed by atoms with Crippen molar-refractivity contribution in [3.05, 3.63) is 63.6 Å². The SMILES string of the molecule is Cc1noc(C2CCCN(C(=O)c3cccn3-c3cccc(I)c3)C2)n1. The second-order valence-corrected chi connectivity index (χ2v) is 7.76. The number of amides is 1. The fourth-order valence-corrected chi connectivity index (χ4v) is 3.94. The molecule has 2 aromatic heterocycles. The van der Waals surface area contributed by atoms with Gasteiger partial charge in [0.2, 0.25) is 5.89 Å². The van der Waals surface area contributed by atoms with Gasteiger partial charge in [0, 0.05) is 28.5 Å². The number of hydrogen-bond acceptors (Lipinski definition) is 4. The minimum Gasteiger partial charge on any atom is -0.339 e. The van der Waals surface area contributed by atoms with Crippen LogP contribution >= 0.6 is 22.6 Å². The number of piperidine rings is 1. The van der Waals surface area contributed by atoms with Gasteiger partial charge in [0.25, 0.3) is 5.91 Å². The number of aromatic nitrogens is 3. The predicted molar refractivity (Wildman–Crippen MR) is 105 cm³/mol. The number of benzene rings is 1. The molecule has 1 aliphatic rings. The van der Waals surface area contributed by atoms with Crippen LogP contribution in [-0.2, 0) is 0 Å². The zero-order chi connectivity index (χ0) is 18.1. The van der Waals surface area contributed by atoms with Crippen LogP contribution in [0.4, 0.5) is 0 Å². The van der Waals surface area contributed by atoms with Gasteiger partial charge in [-0.25, -0.2) is 0 Å². The van der Waals surface area contributed by atoms with Gasteiger partial charge in [0.05, 0.1) is 5.92 Å². The minimum atomic E-state index is 0.0369. The number of likely N-dealkylation sites (tertiary alicyclic amines) is 1. The van der Waals surface area contributed by atoms with Crippen molar-refractivity contribution in [1.29, 1.82) is 0 Å². The minimum absolute atomic E-state index is 0.0369. The second-order valence-electron chi connectivity index (χ2n) is 6.51. The summed E-state index contributed by atoms with van der Waals surface area (Å²) in [5.74, 6) is 1.41. The Hall–Kier alpha value is -2.16. The summed E-state index contributed by atoms with van der Waals surface area (Å²) in [4.78, 5) is 19.4. The Balaban J connectivity index is 1.57. The van der Waals surface area contributed by atoms with Gasteiger partial charge in [-0.3, -0.25) is 4.79 Å². The Labute approximate surface area is 165 Å². The summed E-state index contributed by atoms with van der Waals surface area (Å²) in [6.07, 6.45) is 3.83. The first kappa shape index (κ1) is 17.3. The van der Waals surface area contributed by atoms with E-state index < -0.39 is 0 Å². The van der Waals surface area contributed by atoms with Crippen LogP contribution in [-0.4, -0.2) is 38.6 Å². The molecule has 1 unspecified atom stereocenters. The first-order valence-corrected chi connectivity index (χ1v) is 9.72. The Kier molecular flexibility index (Phi) is 4.80. The van der Waals surface area contributed by atoms with Crippen molar-refractivity contribution in [2.24, 2.45) is 0 Å². The highest BCUT2D eigenvalue weighted by atomic mass is 127. The van der Waals surface area contributed by atoms with Crippen molar-refractivity contribution >= 4 is 28.5 Å². The smallest absolute Gasteiger partial charge is 0.270 e. The summed E-state index contributed by atoms with van der Waals surface area (Å²) in [6.45, 7) is 3.17. The first-order valence-electron chi connectivity index (χ1n) is 8.64. The highest BCUT2D eigenvalue weighted by Gasteiger charge is 2.29. The van der Waals surface area contributed by atoms with Gasteiger partial charge in [-0.2, -0.15) is 4.98 Å². The van der Waals surface area contributed by atoms with Crippen LogP contribution in [0.1, 0.15) is 41.0 Å². The van der Waals surface area contributed by atoms with Crippen molar-refractivity contribution in [2.45, 2.75) is 25.7 Å². The van der Waals surface area contributed by atoms with E-state index in [0.717, 1.165) is 28.6 Å². The molecule has 1 fully saturated rings. The lowest BCUT2D eigenvalue weighted by Gasteiger charge is -2.31. The molecule has 4 rings (SSSR count). The number of halogens is 1. The Bertz CT molecular complexity index is 933. The maximum absolute atomic E-state index is 13.2. The van der Waals surface area contributed by atoms with Gasteiger partial charge in [-0.05, 0) is 72.7 Å². The molecule has 7 heteroatoms. The van der Waals surface area contributed by atoms with Gasteiger partial charge >= 0.3 is 0 Å². The van der Waals surface area contributed by atoms with Crippen molar-refractivity contribution in [1.82, 2.24) is 19.6 Å². The zero-order valence-electron chi connectivity index (χ0n) is 14.4. The first-order chi connectivity index (χ1) is 12.6. The number of hydrogen-bond donors (Lipinski definition) is 0. The molecule has 6 nitrogen and oxygen atoms in total.